The van der Waals surface area contributed by atoms with E-state index in [9.17, 15) is 39.9 Å². The van der Waals surface area contributed by atoms with Gasteiger partial charge in [0.15, 0.2) is 11.5 Å². The number of rotatable bonds is 8. The summed E-state index contributed by atoms with van der Waals surface area (Å²) in [6.45, 7) is 3.34. The summed E-state index contributed by atoms with van der Waals surface area (Å²) in [5, 5.41) is 53.8. The topological polar surface area (TPSA) is 201 Å². The van der Waals surface area contributed by atoms with Crippen LogP contribution in [0.25, 0.3) is 0 Å². The number of benzene rings is 1. The van der Waals surface area contributed by atoms with E-state index in [0.29, 0.717) is 5.92 Å². The molecule has 3 aliphatic heterocycles. The summed E-state index contributed by atoms with van der Waals surface area (Å²) in [6.07, 6.45) is -1.60. The molecule has 2 saturated carbocycles. The summed E-state index contributed by atoms with van der Waals surface area (Å²) in [6, 6.07) is 2.40. The van der Waals surface area contributed by atoms with Crippen LogP contribution in [0.1, 0.15) is 56.3 Å². The minimum Gasteiger partial charge on any atom is -0.505 e. The summed E-state index contributed by atoms with van der Waals surface area (Å²) < 4.78 is 22.3. The maximum absolute atomic E-state index is 13.4. The number of hydrogen-bond donors (Lipinski definition) is 6. The number of esters is 1. The number of methoxy groups -OCH3 is 1. The molecule has 3 saturated heterocycles. The lowest BCUT2D eigenvalue weighted by Crippen LogP contribution is -2.60. The molecule has 0 aromatic heterocycles. The highest BCUT2D eigenvalue weighted by atomic mass is 16.7. The van der Waals surface area contributed by atoms with E-state index in [2.05, 4.69) is 18.3 Å². The van der Waals surface area contributed by atoms with Gasteiger partial charge in [-0.2, -0.15) is 0 Å². The Morgan fingerprint density at radius 1 is 1.14 bits per heavy atom. The van der Waals surface area contributed by atoms with Gasteiger partial charge in [-0.3, -0.25) is 9.59 Å². The van der Waals surface area contributed by atoms with Crippen LogP contribution in [0.5, 0.6) is 11.5 Å². The highest BCUT2D eigenvalue weighted by Gasteiger charge is 2.71. The van der Waals surface area contributed by atoms with Crippen molar-refractivity contribution in [3.05, 3.63) is 29.8 Å². The minimum absolute atomic E-state index is 0.0642. The number of phenolic OH excluding ortho intramolecular Hbond substituents is 1. The normalized spacial score (nSPS) is 41.8. The van der Waals surface area contributed by atoms with E-state index in [1.54, 1.807) is 6.08 Å². The van der Waals surface area contributed by atoms with Crippen molar-refractivity contribution in [1.29, 1.82) is 0 Å². The van der Waals surface area contributed by atoms with Gasteiger partial charge in [0.1, 0.15) is 41.4 Å². The largest absolute Gasteiger partial charge is 0.505 e. The number of carbonyl (C=O) groups is 3. The molecule has 1 aromatic carbocycles. The Labute approximate surface area is 253 Å². The van der Waals surface area contributed by atoms with E-state index in [4.69, 9.17) is 18.9 Å². The van der Waals surface area contributed by atoms with Gasteiger partial charge >= 0.3 is 5.97 Å². The Kier molecular flexibility index (Phi) is 7.58. The number of phenols is 1. The Bertz CT molecular complexity index is 1400. The van der Waals surface area contributed by atoms with E-state index in [-0.39, 0.29) is 58.7 Å². The molecular weight excluding hydrogens is 578 g/mol. The van der Waals surface area contributed by atoms with Crippen molar-refractivity contribution < 1.29 is 58.9 Å². The molecule has 13 heteroatoms. The number of ether oxygens (including phenoxy) is 4. The van der Waals surface area contributed by atoms with Crippen LogP contribution >= 0.6 is 0 Å². The molecule has 7 rings (SSSR count). The third-order valence-corrected chi connectivity index (χ3v) is 10.7. The summed E-state index contributed by atoms with van der Waals surface area (Å²) in [5.74, 6) is -2.09. The first-order chi connectivity index (χ1) is 20.8. The number of nitrogens with one attached hydrogen (secondary N) is 1. The van der Waals surface area contributed by atoms with Crippen molar-refractivity contribution in [2.75, 3.05) is 19.0 Å². The fraction of sp³-hybridized carbons (Fsp3) is 0.645. The molecule has 0 unspecified atom stereocenters. The molecule has 44 heavy (non-hydrogen) atoms. The molecule has 13 nitrogen and oxygen atoms in total. The van der Waals surface area contributed by atoms with Crippen molar-refractivity contribution in [3.63, 3.8) is 0 Å². The molecule has 3 heterocycles. The van der Waals surface area contributed by atoms with Crippen molar-refractivity contribution in [1.82, 2.24) is 0 Å². The molecule has 3 aliphatic carbocycles. The predicted octanol–water partition coefficient (Wildman–Crippen LogP) is 0.795. The Hall–Kier alpha value is -3.07. The molecule has 0 radical (unpaired) electrons. The SMILES string of the molecule is COC(=O)c1ccc(O[C@@H]2O[C@H](CO)[C@@H](O)[C@H](O)[C@H]2O)c(NC(=O)CC[C@]2(C)C(=O)C=C[C@@]34C[C@@H]5C[C@@H](O[C@]5(C)C3)[C@H]42)c1O. The number of carbonyl (C=O) groups excluding carboxylic acids is 3. The van der Waals surface area contributed by atoms with Crippen LogP contribution in [0.2, 0.25) is 0 Å². The van der Waals surface area contributed by atoms with Gasteiger partial charge in [-0.1, -0.05) is 13.0 Å². The second-order valence-corrected chi connectivity index (χ2v) is 13.3. The molecular formula is C31H39NO12. The second kappa shape index (κ2) is 10.8. The van der Waals surface area contributed by atoms with E-state index in [1.165, 1.54) is 12.1 Å². The zero-order valence-corrected chi connectivity index (χ0v) is 24.8. The van der Waals surface area contributed by atoms with Crippen LogP contribution in [0, 0.1) is 22.7 Å². The zero-order chi connectivity index (χ0) is 31.8. The predicted molar refractivity (Wildman–Crippen MR) is 151 cm³/mol. The molecule has 240 valence electrons. The molecule has 1 spiro atoms. The van der Waals surface area contributed by atoms with Crippen LogP contribution in [0.15, 0.2) is 24.3 Å². The van der Waals surface area contributed by atoms with Crippen molar-refractivity contribution >= 4 is 23.3 Å². The Morgan fingerprint density at radius 2 is 1.89 bits per heavy atom. The summed E-state index contributed by atoms with van der Waals surface area (Å²) in [5.41, 5.74) is -1.82. The molecule has 6 N–H and O–H groups in total. The lowest BCUT2D eigenvalue weighted by atomic mass is 9.51. The maximum atomic E-state index is 13.4. The first-order valence-electron chi connectivity index (χ1n) is 14.9. The number of aliphatic hydroxyl groups is 4. The maximum Gasteiger partial charge on any atom is 0.341 e. The minimum atomic E-state index is -1.77. The molecule has 1 amide bonds. The third kappa shape index (κ3) is 4.63. The van der Waals surface area contributed by atoms with Crippen LogP contribution in [-0.2, 0) is 23.8 Å². The summed E-state index contributed by atoms with van der Waals surface area (Å²) in [4.78, 5) is 39.1. The van der Waals surface area contributed by atoms with Crippen LogP contribution in [0.3, 0.4) is 0 Å². The Balaban J connectivity index is 1.23. The monoisotopic (exact) mass is 617 g/mol. The van der Waals surface area contributed by atoms with Gasteiger partial charge in [0.25, 0.3) is 0 Å². The number of aliphatic hydroxyl groups excluding tert-OH is 4. The van der Waals surface area contributed by atoms with Gasteiger partial charge in [0.05, 0.1) is 25.4 Å². The van der Waals surface area contributed by atoms with E-state index < -0.39 is 60.4 Å². The fourth-order valence-electron chi connectivity index (χ4n) is 8.57. The lowest BCUT2D eigenvalue weighted by Gasteiger charge is -2.55. The van der Waals surface area contributed by atoms with Gasteiger partial charge in [-0.25, -0.2) is 4.79 Å². The number of anilines is 1. The van der Waals surface area contributed by atoms with Gasteiger partial charge in [0, 0.05) is 17.8 Å². The summed E-state index contributed by atoms with van der Waals surface area (Å²) >= 11 is 0. The van der Waals surface area contributed by atoms with Crippen molar-refractivity contribution in [2.45, 2.75) is 88.4 Å². The van der Waals surface area contributed by atoms with Gasteiger partial charge in [0.2, 0.25) is 12.2 Å². The summed E-state index contributed by atoms with van der Waals surface area (Å²) in [7, 11) is 1.12. The highest BCUT2D eigenvalue weighted by molar-refractivity contribution is 6.01. The zero-order valence-electron chi connectivity index (χ0n) is 24.8. The molecule has 5 fully saturated rings. The average molecular weight is 618 g/mol. The van der Waals surface area contributed by atoms with Gasteiger partial charge in [-0.05, 0) is 62.1 Å². The number of ketones is 1. The van der Waals surface area contributed by atoms with E-state index in [1.807, 2.05) is 6.92 Å². The quantitative estimate of drug-likeness (QED) is 0.177. The molecule has 6 aliphatic rings. The number of hydrogen-bond acceptors (Lipinski definition) is 12. The highest BCUT2D eigenvalue weighted by Crippen LogP contribution is 2.71. The number of allylic oxidation sites excluding steroid dienone is 2. The first-order valence-corrected chi connectivity index (χ1v) is 14.9. The third-order valence-electron chi connectivity index (χ3n) is 10.7. The van der Waals surface area contributed by atoms with E-state index >= 15 is 0 Å². The Morgan fingerprint density at radius 3 is 2.57 bits per heavy atom. The van der Waals surface area contributed by atoms with Crippen molar-refractivity contribution in [3.8, 4) is 11.5 Å². The van der Waals surface area contributed by atoms with Gasteiger partial charge in [-0.15, -0.1) is 0 Å². The smallest absolute Gasteiger partial charge is 0.341 e. The standard InChI is InChI=1S/C31H39NO12/c1-29(19(34)6-9-31-11-14-10-17(26(29)31)44-30(14,2)13-31)8-7-20(35)32-21-16(5-4-15(22(21)36)27(40)41-3)42-28-25(39)24(38)23(37)18(12-33)43-28/h4-6,9,14,17-18,23-26,28,33,36-39H,7-8,10-13H2,1-3H3,(H,32,35)/t14-,17+,18+,23+,24-,25+,26-,28+,29+,30+,31+/m0/s1. The van der Waals surface area contributed by atoms with Crippen LogP contribution in [0.4, 0.5) is 5.69 Å². The van der Waals surface area contributed by atoms with Gasteiger partial charge < -0.3 is 49.8 Å². The fourth-order valence-corrected chi connectivity index (χ4v) is 8.57. The van der Waals surface area contributed by atoms with Crippen LogP contribution < -0.4 is 10.1 Å². The number of amides is 1. The number of aromatic hydroxyl groups is 1. The molecule has 4 bridgehead atoms. The molecule has 11 atom stereocenters. The van der Waals surface area contributed by atoms with E-state index in [0.717, 1.165) is 26.4 Å². The lowest BCUT2D eigenvalue weighted by molar-refractivity contribution is -0.277. The molecule has 1 aromatic rings. The average Bonchev–Trinajstić information content (AvgIpc) is 3.36. The van der Waals surface area contributed by atoms with Crippen molar-refractivity contribution in [2.24, 2.45) is 22.7 Å². The van der Waals surface area contributed by atoms with Crippen LogP contribution in [-0.4, -0.2) is 99.3 Å². The second-order valence-electron chi connectivity index (χ2n) is 13.3. The first kappa shape index (κ1) is 30.9.